The molecule has 0 radical (unpaired) electrons. The van der Waals surface area contributed by atoms with Crippen LogP contribution in [0.4, 0.5) is 0 Å². The van der Waals surface area contributed by atoms with E-state index >= 15 is 0 Å². The number of hydrogen-bond donors (Lipinski definition) is 2. The third kappa shape index (κ3) is 4.76. The second-order valence-corrected chi connectivity index (χ2v) is 5.53. The second-order valence-electron chi connectivity index (χ2n) is 5.53. The zero-order chi connectivity index (χ0) is 14.5. The van der Waals surface area contributed by atoms with Crippen LogP contribution in [0, 0.1) is 17.3 Å². The summed E-state index contributed by atoms with van der Waals surface area (Å²) in [4.78, 5) is 11.9. The second kappa shape index (κ2) is 6.40. The quantitative estimate of drug-likeness (QED) is 0.800. The maximum Gasteiger partial charge on any atom is 0.225 e. The highest BCUT2D eigenvalue weighted by Crippen LogP contribution is 2.18. The van der Waals surface area contributed by atoms with Gasteiger partial charge in [0.05, 0.1) is 6.04 Å². The molecule has 1 amide bonds. The Balaban J connectivity index is 2.73. The van der Waals surface area contributed by atoms with Crippen molar-refractivity contribution in [1.82, 2.24) is 5.32 Å². The number of carbonyl (C=O) groups excluding carboxylic acids is 1. The number of amides is 1. The lowest BCUT2D eigenvalue weighted by Gasteiger charge is -2.22. The van der Waals surface area contributed by atoms with Gasteiger partial charge in [-0.05, 0) is 24.6 Å². The number of rotatable bonds is 2. The summed E-state index contributed by atoms with van der Waals surface area (Å²) >= 11 is 0. The van der Waals surface area contributed by atoms with Crippen LogP contribution in [0.1, 0.15) is 44.9 Å². The first-order chi connectivity index (χ1) is 8.84. The monoisotopic (exact) mass is 259 g/mol. The zero-order valence-corrected chi connectivity index (χ0v) is 11.9. The van der Waals surface area contributed by atoms with Crippen molar-refractivity contribution in [3.8, 4) is 11.8 Å². The first-order valence-corrected chi connectivity index (χ1v) is 6.35. The molecular formula is C16H21NO2. The molecule has 1 aromatic rings. The Hall–Kier alpha value is -1.79. The SMILES string of the molecule is CC(NC(=O)C(C)(C)C)c1ccc(C#CCO)cc1. The van der Waals surface area contributed by atoms with Gasteiger partial charge in [-0.25, -0.2) is 0 Å². The van der Waals surface area contributed by atoms with Crippen molar-refractivity contribution in [2.45, 2.75) is 33.7 Å². The van der Waals surface area contributed by atoms with E-state index in [2.05, 4.69) is 17.2 Å². The summed E-state index contributed by atoms with van der Waals surface area (Å²) in [6.07, 6.45) is 0. The van der Waals surface area contributed by atoms with Crippen LogP contribution in [0.15, 0.2) is 24.3 Å². The predicted octanol–water partition coefficient (Wildman–Crippen LogP) is 2.25. The van der Waals surface area contributed by atoms with Crippen molar-refractivity contribution in [1.29, 1.82) is 0 Å². The van der Waals surface area contributed by atoms with E-state index in [1.807, 2.05) is 52.0 Å². The first kappa shape index (κ1) is 15.3. The molecule has 0 aliphatic rings. The lowest BCUT2D eigenvalue weighted by atomic mass is 9.94. The van der Waals surface area contributed by atoms with Crippen LogP contribution in [0.2, 0.25) is 0 Å². The van der Waals surface area contributed by atoms with Gasteiger partial charge in [-0.15, -0.1) is 0 Å². The van der Waals surface area contributed by atoms with E-state index in [4.69, 9.17) is 5.11 Å². The molecule has 102 valence electrons. The maximum absolute atomic E-state index is 11.9. The predicted molar refractivity (Wildman–Crippen MR) is 76.4 cm³/mol. The van der Waals surface area contributed by atoms with Gasteiger partial charge in [0.1, 0.15) is 6.61 Å². The molecule has 0 saturated heterocycles. The first-order valence-electron chi connectivity index (χ1n) is 6.35. The lowest BCUT2D eigenvalue weighted by molar-refractivity contribution is -0.129. The minimum absolute atomic E-state index is 0.0316. The van der Waals surface area contributed by atoms with E-state index in [1.165, 1.54) is 0 Å². The average Bonchev–Trinajstić information content (AvgIpc) is 2.35. The molecule has 19 heavy (non-hydrogen) atoms. The molecule has 2 N–H and O–H groups in total. The largest absolute Gasteiger partial charge is 0.384 e. The highest BCUT2D eigenvalue weighted by molar-refractivity contribution is 5.81. The van der Waals surface area contributed by atoms with E-state index in [0.29, 0.717) is 0 Å². The summed E-state index contributed by atoms with van der Waals surface area (Å²) in [5.41, 5.74) is 1.50. The number of aliphatic hydroxyl groups excluding tert-OH is 1. The van der Waals surface area contributed by atoms with Gasteiger partial charge in [-0.2, -0.15) is 0 Å². The Kier molecular flexibility index (Phi) is 5.14. The molecule has 0 aliphatic carbocycles. The van der Waals surface area contributed by atoms with Gasteiger partial charge in [0.25, 0.3) is 0 Å². The molecule has 3 nitrogen and oxygen atoms in total. The summed E-state index contributed by atoms with van der Waals surface area (Å²) in [5, 5.41) is 11.6. The Labute approximate surface area is 115 Å². The summed E-state index contributed by atoms with van der Waals surface area (Å²) in [7, 11) is 0. The molecule has 0 aromatic heterocycles. The lowest BCUT2D eigenvalue weighted by Crippen LogP contribution is -2.36. The molecule has 3 heteroatoms. The van der Waals surface area contributed by atoms with E-state index < -0.39 is 0 Å². The molecule has 1 atom stereocenters. The average molecular weight is 259 g/mol. The number of benzene rings is 1. The Bertz CT molecular complexity index is 486. The van der Waals surface area contributed by atoms with E-state index in [0.717, 1.165) is 11.1 Å². The van der Waals surface area contributed by atoms with Gasteiger partial charge in [-0.3, -0.25) is 4.79 Å². The number of aliphatic hydroxyl groups is 1. The molecule has 0 saturated carbocycles. The van der Waals surface area contributed by atoms with Crippen molar-refractivity contribution in [2.24, 2.45) is 5.41 Å². The standard InChI is InChI=1S/C16H21NO2/c1-12(17-15(19)16(2,3)4)14-9-7-13(8-10-14)6-5-11-18/h7-10,12,18H,11H2,1-4H3,(H,17,19). The molecule has 1 unspecified atom stereocenters. The van der Waals surface area contributed by atoms with Crippen LogP contribution in [0.25, 0.3) is 0 Å². The molecule has 0 aliphatic heterocycles. The van der Waals surface area contributed by atoms with Gasteiger partial charge in [0.15, 0.2) is 0 Å². The van der Waals surface area contributed by atoms with Gasteiger partial charge in [0, 0.05) is 11.0 Å². The van der Waals surface area contributed by atoms with Gasteiger partial charge < -0.3 is 10.4 Å². The summed E-state index contributed by atoms with van der Waals surface area (Å²) in [6, 6.07) is 7.62. The fourth-order valence-corrected chi connectivity index (χ4v) is 1.49. The van der Waals surface area contributed by atoms with Crippen molar-refractivity contribution in [3.63, 3.8) is 0 Å². The van der Waals surface area contributed by atoms with Crippen molar-refractivity contribution in [3.05, 3.63) is 35.4 Å². The molecular weight excluding hydrogens is 238 g/mol. The summed E-state index contributed by atoms with van der Waals surface area (Å²) in [6.45, 7) is 7.49. The molecule has 0 fully saturated rings. The van der Waals surface area contributed by atoms with Crippen molar-refractivity contribution >= 4 is 5.91 Å². The van der Waals surface area contributed by atoms with Crippen LogP contribution >= 0.6 is 0 Å². The van der Waals surface area contributed by atoms with Crippen LogP contribution in [0.5, 0.6) is 0 Å². The van der Waals surface area contributed by atoms with E-state index in [1.54, 1.807) is 0 Å². The normalized spacial score (nSPS) is 12.3. The molecule has 0 bridgehead atoms. The number of carbonyl (C=O) groups is 1. The zero-order valence-electron chi connectivity index (χ0n) is 11.9. The highest BCUT2D eigenvalue weighted by Gasteiger charge is 2.22. The maximum atomic E-state index is 11.9. The summed E-state index contributed by atoms with van der Waals surface area (Å²) < 4.78 is 0. The van der Waals surface area contributed by atoms with Crippen LogP contribution in [0.3, 0.4) is 0 Å². The van der Waals surface area contributed by atoms with Crippen molar-refractivity contribution < 1.29 is 9.90 Å². The molecule has 0 spiro atoms. The minimum atomic E-state index is -0.388. The fraction of sp³-hybridized carbons (Fsp3) is 0.438. The van der Waals surface area contributed by atoms with Crippen LogP contribution in [-0.4, -0.2) is 17.6 Å². The van der Waals surface area contributed by atoms with Gasteiger partial charge >= 0.3 is 0 Å². The Morgan fingerprint density at radius 2 is 1.89 bits per heavy atom. The van der Waals surface area contributed by atoms with E-state index in [9.17, 15) is 4.79 Å². The minimum Gasteiger partial charge on any atom is -0.384 e. The summed E-state index contributed by atoms with van der Waals surface area (Å²) in [5.74, 6) is 5.47. The smallest absolute Gasteiger partial charge is 0.225 e. The van der Waals surface area contributed by atoms with Crippen LogP contribution in [-0.2, 0) is 4.79 Å². The highest BCUT2D eigenvalue weighted by atomic mass is 16.2. The van der Waals surface area contributed by atoms with Gasteiger partial charge in [0.2, 0.25) is 5.91 Å². The molecule has 1 aromatic carbocycles. The number of hydrogen-bond acceptors (Lipinski definition) is 2. The van der Waals surface area contributed by atoms with Gasteiger partial charge in [-0.1, -0.05) is 44.7 Å². The number of nitrogens with one attached hydrogen (secondary N) is 1. The van der Waals surface area contributed by atoms with Crippen LogP contribution < -0.4 is 5.32 Å². The Morgan fingerprint density at radius 1 is 1.32 bits per heavy atom. The Morgan fingerprint density at radius 3 is 2.37 bits per heavy atom. The molecule has 0 heterocycles. The third-order valence-electron chi connectivity index (χ3n) is 2.75. The third-order valence-corrected chi connectivity index (χ3v) is 2.75. The fourth-order valence-electron chi connectivity index (χ4n) is 1.49. The molecule has 1 rings (SSSR count). The topological polar surface area (TPSA) is 49.3 Å². The van der Waals surface area contributed by atoms with E-state index in [-0.39, 0.29) is 24.0 Å². The van der Waals surface area contributed by atoms with Crippen molar-refractivity contribution in [2.75, 3.05) is 6.61 Å².